The normalized spacial score (nSPS) is 21.9. The number of morpholine rings is 1. The zero-order valence-corrected chi connectivity index (χ0v) is 23.6. The number of hydrogen-bond acceptors (Lipinski definition) is 9. The van der Waals surface area contributed by atoms with Gasteiger partial charge in [0, 0.05) is 24.7 Å². The van der Waals surface area contributed by atoms with E-state index in [1.54, 1.807) is 24.4 Å². The molecule has 11 nitrogen and oxygen atoms in total. The number of oxazole rings is 1. The average molecular weight is 577 g/mol. The van der Waals surface area contributed by atoms with Gasteiger partial charge in [-0.15, -0.1) is 0 Å². The number of hydrogen-bond donors (Lipinski definition) is 3. The van der Waals surface area contributed by atoms with Crippen LogP contribution in [0.25, 0.3) is 0 Å². The molecule has 2 saturated heterocycles. The molecular weight excluding hydrogens is 540 g/mol. The first-order valence-corrected chi connectivity index (χ1v) is 14.5. The molecule has 1 aromatic heterocycles. The molecule has 3 aliphatic rings. The van der Waals surface area contributed by atoms with Gasteiger partial charge in [0.2, 0.25) is 0 Å². The molecule has 3 N–H and O–H groups in total. The zero-order chi connectivity index (χ0) is 29.1. The number of nitrogens with one attached hydrogen (secondary N) is 2. The van der Waals surface area contributed by atoms with Crippen LogP contribution in [0, 0.1) is 0 Å². The van der Waals surface area contributed by atoms with Gasteiger partial charge in [-0.2, -0.15) is 0 Å². The summed E-state index contributed by atoms with van der Waals surface area (Å²) in [6.07, 6.45) is 4.68. The Morgan fingerprint density at radius 1 is 1.14 bits per heavy atom. The molecule has 2 fully saturated rings. The number of nitrogens with zero attached hydrogens (tertiary/aromatic N) is 2. The number of carbonyl (C=O) groups excluding carboxylic acids is 2. The van der Waals surface area contributed by atoms with E-state index >= 15 is 0 Å². The first-order valence-electron chi connectivity index (χ1n) is 14.5. The fraction of sp³-hybridized carbons (Fsp3) is 0.452. The van der Waals surface area contributed by atoms with Crippen LogP contribution in [0.15, 0.2) is 53.4 Å². The van der Waals surface area contributed by atoms with Crippen LogP contribution < -0.4 is 20.1 Å². The molecule has 0 radical (unpaired) electrons. The minimum absolute atomic E-state index is 0.0631. The van der Waals surface area contributed by atoms with E-state index in [2.05, 4.69) is 15.6 Å². The Hall–Kier alpha value is -3.93. The van der Waals surface area contributed by atoms with Crippen LogP contribution in [0.3, 0.4) is 0 Å². The fourth-order valence-corrected chi connectivity index (χ4v) is 6.01. The summed E-state index contributed by atoms with van der Waals surface area (Å²) in [5.74, 6) is 1.29. The topological polar surface area (TPSA) is 135 Å². The Balaban J connectivity index is 1.05. The predicted octanol–water partition coefficient (Wildman–Crippen LogP) is 2.46. The maximum absolute atomic E-state index is 13.3. The second-order valence-electron chi connectivity index (χ2n) is 10.9. The minimum atomic E-state index is -0.808. The molecule has 6 rings (SSSR count). The van der Waals surface area contributed by atoms with Crippen LogP contribution in [0.1, 0.15) is 57.4 Å². The summed E-state index contributed by atoms with van der Waals surface area (Å²) in [6.45, 7) is 4.23. The number of amides is 2. The summed E-state index contributed by atoms with van der Waals surface area (Å²) in [7, 11) is 0. The van der Waals surface area contributed by atoms with Gasteiger partial charge < -0.3 is 39.3 Å². The number of ether oxygens (including phenoxy) is 3. The molecule has 0 saturated carbocycles. The van der Waals surface area contributed by atoms with Gasteiger partial charge in [0.15, 0.2) is 12.2 Å². The first-order chi connectivity index (χ1) is 20.5. The summed E-state index contributed by atoms with van der Waals surface area (Å²) < 4.78 is 22.4. The van der Waals surface area contributed by atoms with Crippen molar-refractivity contribution in [2.45, 2.75) is 63.6 Å². The van der Waals surface area contributed by atoms with E-state index in [9.17, 15) is 14.7 Å². The van der Waals surface area contributed by atoms with Gasteiger partial charge in [-0.05, 0) is 67.6 Å². The van der Waals surface area contributed by atoms with Crippen LogP contribution in [0.2, 0.25) is 0 Å². The molecule has 0 spiro atoms. The summed E-state index contributed by atoms with van der Waals surface area (Å²) >= 11 is 0. The molecule has 3 aromatic rings. The summed E-state index contributed by atoms with van der Waals surface area (Å²) in [6, 6.07) is 10.8. The molecule has 4 atom stereocenters. The molecule has 3 aliphatic heterocycles. The van der Waals surface area contributed by atoms with Crippen molar-refractivity contribution in [3.05, 3.63) is 77.0 Å². The highest BCUT2D eigenvalue weighted by atomic mass is 16.5. The Bertz CT molecular complexity index is 1400. The van der Waals surface area contributed by atoms with E-state index in [1.165, 1.54) is 6.39 Å². The molecule has 2 unspecified atom stereocenters. The summed E-state index contributed by atoms with van der Waals surface area (Å²) in [4.78, 5) is 32.3. The largest absolute Gasteiger partial charge is 0.493 e. The van der Waals surface area contributed by atoms with Crippen molar-refractivity contribution in [3.8, 4) is 11.5 Å². The average Bonchev–Trinajstić information content (AvgIpc) is 3.63. The third-order valence-corrected chi connectivity index (χ3v) is 8.22. The number of benzene rings is 2. The highest BCUT2D eigenvalue weighted by Gasteiger charge is 2.40. The lowest BCUT2D eigenvalue weighted by atomic mass is 9.92. The summed E-state index contributed by atoms with van der Waals surface area (Å²) in [5, 5.41) is 17.1. The maximum Gasteiger partial charge on any atom is 0.255 e. The van der Waals surface area contributed by atoms with Crippen LogP contribution in [-0.2, 0) is 24.3 Å². The lowest BCUT2D eigenvalue weighted by Crippen LogP contribution is -2.49. The van der Waals surface area contributed by atoms with Gasteiger partial charge in [-0.3, -0.25) is 9.59 Å². The van der Waals surface area contributed by atoms with E-state index in [-0.39, 0.29) is 36.5 Å². The SMILES string of the molecule is CCOc1cc(C(=O)N2C3CCC2COC3)ccc1C(=O)NC[C@@H](O)[C@@H]1Cc2ccc(OCc3cnco3)cc2CN1. The van der Waals surface area contributed by atoms with Crippen molar-refractivity contribution in [1.82, 2.24) is 20.5 Å². The van der Waals surface area contributed by atoms with Crippen molar-refractivity contribution in [2.24, 2.45) is 0 Å². The zero-order valence-electron chi connectivity index (χ0n) is 23.6. The van der Waals surface area contributed by atoms with Crippen molar-refractivity contribution >= 4 is 11.8 Å². The van der Waals surface area contributed by atoms with Crippen LogP contribution in [0.5, 0.6) is 11.5 Å². The number of aliphatic hydroxyl groups is 1. The van der Waals surface area contributed by atoms with Gasteiger partial charge in [-0.25, -0.2) is 4.98 Å². The second kappa shape index (κ2) is 12.5. The Kier molecular flexibility index (Phi) is 8.41. The molecule has 2 aromatic carbocycles. The Morgan fingerprint density at radius 3 is 2.74 bits per heavy atom. The first kappa shape index (κ1) is 28.2. The fourth-order valence-electron chi connectivity index (χ4n) is 6.01. The number of fused-ring (bicyclic) bond motifs is 3. The molecule has 0 aliphatic carbocycles. The smallest absolute Gasteiger partial charge is 0.255 e. The van der Waals surface area contributed by atoms with E-state index < -0.39 is 6.10 Å². The maximum atomic E-state index is 13.3. The van der Waals surface area contributed by atoms with Crippen LogP contribution in [-0.4, -0.2) is 77.4 Å². The van der Waals surface area contributed by atoms with Crippen molar-refractivity contribution in [2.75, 3.05) is 26.4 Å². The molecular formula is C31H36N4O7. The highest BCUT2D eigenvalue weighted by molar-refractivity contribution is 6.00. The van der Waals surface area contributed by atoms with Gasteiger partial charge in [0.25, 0.3) is 11.8 Å². The van der Waals surface area contributed by atoms with Crippen molar-refractivity contribution in [1.29, 1.82) is 0 Å². The molecule has 4 heterocycles. The second-order valence-corrected chi connectivity index (χ2v) is 10.9. The number of aliphatic hydroxyl groups excluding tert-OH is 1. The quantitative estimate of drug-likeness (QED) is 0.333. The standard InChI is InChI=1S/C31H36N4O7/c1-2-40-29-11-20(31(38)35-22-5-6-23(35)16-39-15-22)4-8-26(29)30(37)34-14-28(36)27-10-19-3-7-24(9-21(19)12-33-27)41-17-25-13-32-18-42-25/h3-4,7-9,11,13,18,22-23,27-28,33,36H,2,5-6,10,12,14-17H2,1H3,(H,34,37)/t22?,23?,27-,28+/m0/s1. The lowest BCUT2D eigenvalue weighted by molar-refractivity contribution is -0.00717. The Morgan fingerprint density at radius 2 is 1.98 bits per heavy atom. The Labute approximate surface area is 244 Å². The van der Waals surface area contributed by atoms with Gasteiger partial charge >= 0.3 is 0 Å². The van der Waals surface area contributed by atoms with Gasteiger partial charge in [0.05, 0.1) is 49.8 Å². The van der Waals surface area contributed by atoms with E-state index in [1.807, 2.05) is 30.0 Å². The van der Waals surface area contributed by atoms with E-state index in [0.717, 1.165) is 29.7 Å². The summed E-state index contributed by atoms with van der Waals surface area (Å²) in [5.41, 5.74) is 3.03. The van der Waals surface area contributed by atoms with E-state index in [4.69, 9.17) is 18.6 Å². The number of aromatic nitrogens is 1. The van der Waals surface area contributed by atoms with Crippen molar-refractivity contribution < 1.29 is 33.3 Å². The van der Waals surface area contributed by atoms with Crippen LogP contribution >= 0.6 is 0 Å². The van der Waals surface area contributed by atoms with Crippen LogP contribution in [0.4, 0.5) is 0 Å². The number of carbonyl (C=O) groups is 2. The highest BCUT2D eigenvalue weighted by Crippen LogP contribution is 2.32. The third kappa shape index (κ3) is 5.99. The van der Waals surface area contributed by atoms with Crippen molar-refractivity contribution in [3.63, 3.8) is 0 Å². The molecule has 11 heteroatoms. The van der Waals surface area contributed by atoms with E-state index in [0.29, 0.717) is 62.0 Å². The minimum Gasteiger partial charge on any atom is -0.493 e. The predicted molar refractivity (Wildman–Crippen MR) is 151 cm³/mol. The molecule has 2 amide bonds. The molecule has 2 bridgehead atoms. The number of rotatable bonds is 10. The van der Waals surface area contributed by atoms with Gasteiger partial charge in [-0.1, -0.05) is 6.07 Å². The lowest BCUT2D eigenvalue weighted by Gasteiger charge is -2.34. The molecule has 222 valence electrons. The third-order valence-electron chi connectivity index (χ3n) is 8.22. The van der Waals surface area contributed by atoms with Gasteiger partial charge in [0.1, 0.15) is 18.1 Å². The monoisotopic (exact) mass is 576 g/mol. The molecule has 42 heavy (non-hydrogen) atoms.